The minimum atomic E-state index is -0.729. The number of aliphatic hydroxyl groups excluding tert-OH is 2. The number of fused-ring (bicyclic) bond motifs is 1. The Morgan fingerprint density at radius 2 is 2.08 bits per heavy atom. The molecule has 0 aromatic heterocycles. The van der Waals surface area contributed by atoms with Crippen LogP contribution in [0.3, 0.4) is 0 Å². The van der Waals surface area contributed by atoms with Gasteiger partial charge in [0.15, 0.2) is 0 Å². The van der Waals surface area contributed by atoms with Gasteiger partial charge in [0.25, 0.3) is 0 Å². The van der Waals surface area contributed by atoms with Gasteiger partial charge >= 0.3 is 5.97 Å². The van der Waals surface area contributed by atoms with Crippen molar-refractivity contribution in [3.05, 3.63) is 23.8 Å². The first kappa shape index (κ1) is 20.2. The van der Waals surface area contributed by atoms with Crippen molar-refractivity contribution in [1.29, 1.82) is 0 Å². The number of allylic oxidation sites excluding steroid dienone is 2. The van der Waals surface area contributed by atoms with E-state index in [4.69, 9.17) is 5.11 Å². The van der Waals surface area contributed by atoms with E-state index in [0.717, 1.165) is 51.4 Å². The molecule has 2 rings (SSSR count). The van der Waals surface area contributed by atoms with E-state index < -0.39 is 12.1 Å². The standard InChI is InChI=1S/C21H34O4/c1-2-3-4-8-17(22)10-11-18-19-13-15(7-5-6-9-21(24)25)12-16(19)14-20(18)23/h7,10-11,16-20,22-23H,2-6,8-9,12-14H2,1H3,(H,24,25)/b11-10+,15-7+/t16-,17-,18-,19-,20+/m0/s1. The molecule has 0 aliphatic heterocycles. The first-order valence-corrected chi connectivity index (χ1v) is 9.95. The van der Waals surface area contributed by atoms with Gasteiger partial charge in [-0.25, -0.2) is 0 Å². The summed E-state index contributed by atoms with van der Waals surface area (Å²) in [5.41, 5.74) is 1.43. The second-order valence-corrected chi connectivity index (χ2v) is 7.81. The number of carbonyl (C=O) groups is 1. The average molecular weight is 350 g/mol. The number of aliphatic hydroxyl groups is 2. The molecule has 2 saturated carbocycles. The monoisotopic (exact) mass is 350 g/mol. The summed E-state index contributed by atoms with van der Waals surface area (Å²) in [5.74, 6) is 0.427. The Kier molecular flexibility index (Phi) is 8.17. The van der Waals surface area contributed by atoms with Gasteiger partial charge in [-0.2, -0.15) is 0 Å². The topological polar surface area (TPSA) is 77.8 Å². The third-order valence-electron chi connectivity index (χ3n) is 5.80. The lowest BCUT2D eigenvalue weighted by Crippen LogP contribution is -2.17. The molecule has 0 radical (unpaired) electrons. The lowest BCUT2D eigenvalue weighted by molar-refractivity contribution is -0.137. The number of rotatable bonds is 10. The number of hydrogen-bond donors (Lipinski definition) is 3. The third-order valence-corrected chi connectivity index (χ3v) is 5.80. The number of carboxylic acids is 1. The van der Waals surface area contributed by atoms with E-state index in [0.29, 0.717) is 18.3 Å². The fourth-order valence-corrected chi connectivity index (χ4v) is 4.46. The van der Waals surface area contributed by atoms with E-state index in [-0.39, 0.29) is 18.4 Å². The van der Waals surface area contributed by atoms with Crippen molar-refractivity contribution in [1.82, 2.24) is 0 Å². The van der Waals surface area contributed by atoms with Crippen LogP contribution in [-0.2, 0) is 4.79 Å². The molecule has 25 heavy (non-hydrogen) atoms. The maximum absolute atomic E-state index is 10.6. The Bertz CT molecular complexity index is 482. The first-order valence-electron chi connectivity index (χ1n) is 9.95. The second-order valence-electron chi connectivity index (χ2n) is 7.81. The van der Waals surface area contributed by atoms with E-state index >= 15 is 0 Å². The molecule has 142 valence electrons. The summed E-state index contributed by atoms with van der Waals surface area (Å²) in [6.45, 7) is 2.16. The van der Waals surface area contributed by atoms with Crippen LogP contribution in [0.15, 0.2) is 23.8 Å². The van der Waals surface area contributed by atoms with Gasteiger partial charge in [-0.1, -0.05) is 50.0 Å². The molecule has 0 heterocycles. The highest BCUT2D eigenvalue weighted by Gasteiger charge is 2.44. The van der Waals surface area contributed by atoms with Gasteiger partial charge in [-0.05, 0) is 50.4 Å². The van der Waals surface area contributed by atoms with Gasteiger partial charge in [0.05, 0.1) is 12.2 Å². The summed E-state index contributed by atoms with van der Waals surface area (Å²) < 4.78 is 0. The van der Waals surface area contributed by atoms with Gasteiger partial charge in [-0.3, -0.25) is 4.79 Å². The van der Waals surface area contributed by atoms with Crippen LogP contribution in [0.5, 0.6) is 0 Å². The van der Waals surface area contributed by atoms with Gasteiger partial charge in [-0.15, -0.1) is 0 Å². The van der Waals surface area contributed by atoms with Crippen molar-refractivity contribution in [2.24, 2.45) is 17.8 Å². The minimum Gasteiger partial charge on any atom is -0.481 e. The molecule has 2 aliphatic rings. The fourth-order valence-electron chi connectivity index (χ4n) is 4.46. The van der Waals surface area contributed by atoms with E-state index in [2.05, 4.69) is 19.1 Å². The van der Waals surface area contributed by atoms with Crippen molar-refractivity contribution in [2.45, 2.75) is 83.3 Å². The Morgan fingerprint density at radius 3 is 2.80 bits per heavy atom. The molecule has 0 amide bonds. The molecule has 4 nitrogen and oxygen atoms in total. The maximum atomic E-state index is 10.6. The average Bonchev–Trinajstić information content (AvgIpc) is 3.06. The number of carboxylic acid groups (broad SMARTS) is 1. The molecule has 0 saturated heterocycles. The smallest absolute Gasteiger partial charge is 0.303 e. The van der Waals surface area contributed by atoms with Crippen molar-refractivity contribution >= 4 is 5.97 Å². The normalized spacial score (nSPS) is 31.7. The summed E-state index contributed by atoms with van der Waals surface area (Å²) in [5, 5.41) is 29.1. The lowest BCUT2D eigenvalue weighted by atomic mass is 9.90. The minimum absolute atomic E-state index is 0.149. The Balaban J connectivity index is 1.83. The largest absolute Gasteiger partial charge is 0.481 e. The summed E-state index contributed by atoms with van der Waals surface area (Å²) in [4.78, 5) is 10.6. The van der Waals surface area contributed by atoms with Crippen LogP contribution in [-0.4, -0.2) is 33.5 Å². The summed E-state index contributed by atoms with van der Waals surface area (Å²) >= 11 is 0. The van der Waals surface area contributed by atoms with Gasteiger partial charge < -0.3 is 15.3 Å². The van der Waals surface area contributed by atoms with Crippen molar-refractivity contribution in [2.75, 3.05) is 0 Å². The van der Waals surface area contributed by atoms with Gasteiger partial charge in [0.1, 0.15) is 0 Å². The highest BCUT2D eigenvalue weighted by atomic mass is 16.4. The predicted octanol–water partition coefficient (Wildman–Crippen LogP) is 4.07. The SMILES string of the molecule is CCCCC[C@H](O)/C=C/[C@H]1[C@H]2C/C(=C/CCCC(=O)O)C[C@H]2C[C@H]1O. The van der Waals surface area contributed by atoms with E-state index in [1.165, 1.54) is 5.57 Å². The predicted molar refractivity (Wildman–Crippen MR) is 99.2 cm³/mol. The maximum Gasteiger partial charge on any atom is 0.303 e. The molecular weight excluding hydrogens is 316 g/mol. The molecule has 0 unspecified atom stereocenters. The first-order chi connectivity index (χ1) is 12.0. The number of hydrogen-bond acceptors (Lipinski definition) is 3. The molecule has 0 bridgehead atoms. The Morgan fingerprint density at radius 1 is 1.28 bits per heavy atom. The van der Waals surface area contributed by atoms with E-state index in [9.17, 15) is 15.0 Å². The molecule has 2 aliphatic carbocycles. The fraction of sp³-hybridized carbons (Fsp3) is 0.762. The van der Waals surface area contributed by atoms with Crippen molar-refractivity contribution < 1.29 is 20.1 Å². The zero-order valence-corrected chi connectivity index (χ0v) is 15.4. The Hall–Kier alpha value is -1.13. The molecule has 3 N–H and O–H groups in total. The van der Waals surface area contributed by atoms with E-state index in [1.807, 2.05) is 6.08 Å². The van der Waals surface area contributed by atoms with Crippen LogP contribution in [0.4, 0.5) is 0 Å². The molecule has 0 aromatic carbocycles. The van der Waals surface area contributed by atoms with Crippen molar-refractivity contribution in [3.63, 3.8) is 0 Å². The summed E-state index contributed by atoms with van der Waals surface area (Å²) in [6.07, 6.45) is 14.3. The summed E-state index contributed by atoms with van der Waals surface area (Å²) in [7, 11) is 0. The molecule has 5 atom stereocenters. The molecule has 4 heteroatoms. The highest BCUT2D eigenvalue weighted by Crippen LogP contribution is 2.50. The van der Waals surface area contributed by atoms with Crippen LogP contribution >= 0.6 is 0 Å². The molecule has 2 fully saturated rings. The van der Waals surface area contributed by atoms with E-state index in [1.54, 1.807) is 0 Å². The zero-order chi connectivity index (χ0) is 18.2. The summed E-state index contributed by atoms with van der Waals surface area (Å²) in [6, 6.07) is 0. The molecular formula is C21H34O4. The van der Waals surface area contributed by atoms with Gasteiger partial charge in [0.2, 0.25) is 0 Å². The highest BCUT2D eigenvalue weighted by molar-refractivity contribution is 5.66. The molecule has 0 spiro atoms. The Labute approximate surface area is 151 Å². The quantitative estimate of drug-likeness (QED) is 0.410. The van der Waals surface area contributed by atoms with Crippen molar-refractivity contribution in [3.8, 4) is 0 Å². The van der Waals surface area contributed by atoms with Crippen LogP contribution in [0.25, 0.3) is 0 Å². The number of aliphatic carboxylic acids is 1. The van der Waals surface area contributed by atoms with Crippen LogP contribution in [0, 0.1) is 17.8 Å². The third kappa shape index (κ3) is 6.27. The van der Waals surface area contributed by atoms with Crippen LogP contribution in [0.2, 0.25) is 0 Å². The zero-order valence-electron chi connectivity index (χ0n) is 15.4. The van der Waals surface area contributed by atoms with Crippen LogP contribution in [0.1, 0.15) is 71.1 Å². The second kappa shape index (κ2) is 10.1. The van der Waals surface area contributed by atoms with Gasteiger partial charge in [0, 0.05) is 12.3 Å². The lowest BCUT2D eigenvalue weighted by Gasteiger charge is -2.17. The molecule has 0 aromatic rings. The number of unbranched alkanes of at least 4 members (excludes halogenated alkanes) is 3. The van der Waals surface area contributed by atoms with Crippen LogP contribution < -0.4 is 0 Å².